The van der Waals surface area contributed by atoms with Crippen LogP contribution in [0.1, 0.15) is 114 Å². The Morgan fingerprint density at radius 3 is 1.85 bits per heavy atom. The fraction of sp³-hybridized carbons (Fsp3) is 0.581. The van der Waals surface area contributed by atoms with Gasteiger partial charge < -0.3 is 9.47 Å². The zero-order chi connectivity index (χ0) is 24.6. The molecular formula is C31H46O3. The van der Waals surface area contributed by atoms with Crippen LogP contribution in [0.25, 0.3) is 0 Å². The van der Waals surface area contributed by atoms with E-state index in [4.69, 9.17) is 9.47 Å². The molecule has 0 radical (unpaired) electrons. The summed E-state index contributed by atoms with van der Waals surface area (Å²) in [5, 5.41) is 0. The maximum atomic E-state index is 12.9. The molecule has 2 rings (SSSR count). The summed E-state index contributed by atoms with van der Waals surface area (Å²) in [6.07, 6.45) is 15.0. The van der Waals surface area contributed by atoms with E-state index in [0.29, 0.717) is 11.5 Å². The fourth-order valence-corrected chi connectivity index (χ4v) is 4.46. The average molecular weight is 467 g/mol. The summed E-state index contributed by atoms with van der Waals surface area (Å²) >= 11 is 0. The van der Waals surface area contributed by atoms with Crippen molar-refractivity contribution in [3.8, 4) is 11.5 Å². The maximum absolute atomic E-state index is 12.9. The van der Waals surface area contributed by atoms with Gasteiger partial charge in [-0.25, -0.2) is 4.79 Å². The molecule has 0 unspecified atom stereocenters. The second kappa shape index (κ2) is 16.4. The van der Waals surface area contributed by atoms with Gasteiger partial charge in [0.25, 0.3) is 0 Å². The minimum Gasteiger partial charge on any atom is -0.394 e. The monoisotopic (exact) mass is 466 g/mol. The highest BCUT2D eigenvalue weighted by Crippen LogP contribution is 2.31. The summed E-state index contributed by atoms with van der Waals surface area (Å²) in [4.78, 5) is 12.9. The van der Waals surface area contributed by atoms with Gasteiger partial charge in [0.05, 0.1) is 0 Å². The Kier molecular flexibility index (Phi) is 13.4. The van der Waals surface area contributed by atoms with Crippen molar-refractivity contribution in [1.29, 1.82) is 0 Å². The molecule has 34 heavy (non-hydrogen) atoms. The van der Waals surface area contributed by atoms with E-state index < -0.39 is 6.16 Å². The molecule has 0 heterocycles. The van der Waals surface area contributed by atoms with Gasteiger partial charge in [0, 0.05) is 0 Å². The lowest BCUT2D eigenvalue weighted by Crippen LogP contribution is -2.17. The van der Waals surface area contributed by atoms with Gasteiger partial charge in [-0.1, -0.05) is 90.5 Å². The van der Waals surface area contributed by atoms with Gasteiger partial charge in [0.1, 0.15) is 11.5 Å². The van der Waals surface area contributed by atoms with Gasteiger partial charge in [-0.05, 0) is 85.8 Å². The predicted octanol–water partition coefficient (Wildman–Crippen LogP) is 9.41. The van der Waals surface area contributed by atoms with Crippen molar-refractivity contribution in [2.45, 2.75) is 118 Å². The number of carbonyl (C=O) groups excluding carboxylic acids is 1. The molecule has 0 aliphatic carbocycles. The summed E-state index contributed by atoms with van der Waals surface area (Å²) in [6.45, 7) is 8.89. The van der Waals surface area contributed by atoms with Crippen molar-refractivity contribution < 1.29 is 14.3 Å². The van der Waals surface area contributed by atoms with Gasteiger partial charge in [-0.15, -0.1) is 0 Å². The molecule has 3 heteroatoms. The summed E-state index contributed by atoms with van der Waals surface area (Å²) in [5.74, 6) is 1.29. The summed E-state index contributed by atoms with van der Waals surface area (Å²) in [5.41, 5.74) is 5.08. The molecule has 3 nitrogen and oxygen atoms in total. The van der Waals surface area contributed by atoms with Crippen LogP contribution in [0.15, 0.2) is 36.4 Å². The molecule has 0 bridgehead atoms. The van der Waals surface area contributed by atoms with Crippen LogP contribution in [-0.4, -0.2) is 6.16 Å². The molecule has 2 aromatic carbocycles. The third-order valence-corrected chi connectivity index (χ3v) is 6.50. The van der Waals surface area contributed by atoms with Crippen molar-refractivity contribution in [3.05, 3.63) is 58.7 Å². The average Bonchev–Trinajstić information content (AvgIpc) is 2.84. The minimum absolute atomic E-state index is 0.616. The molecule has 0 aromatic heterocycles. The van der Waals surface area contributed by atoms with Crippen LogP contribution in [0.3, 0.4) is 0 Å². The third kappa shape index (κ3) is 9.16. The van der Waals surface area contributed by atoms with Crippen LogP contribution in [-0.2, 0) is 25.7 Å². The van der Waals surface area contributed by atoms with Crippen LogP contribution in [0.2, 0.25) is 0 Å². The van der Waals surface area contributed by atoms with Crippen LogP contribution in [0, 0.1) is 0 Å². The minimum atomic E-state index is -0.637. The summed E-state index contributed by atoms with van der Waals surface area (Å²) < 4.78 is 11.6. The highest BCUT2D eigenvalue weighted by molar-refractivity contribution is 5.68. The number of hydrogen-bond acceptors (Lipinski definition) is 3. The molecule has 0 aliphatic rings. The molecule has 0 spiro atoms. The SMILES string of the molecule is CCCCCCc1ccccc1OC(=O)Oc1ccc(CCCC)c(CCCC)c1CCCC. The van der Waals surface area contributed by atoms with Crippen molar-refractivity contribution >= 4 is 6.16 Å². The van der Waals surface area contributed by atoms with Gasteiger partial charge in [0.15, 0.2) is 0 Å². The Morgan fingerprint density at radius 1 is 0.559 bits per heavy atom. The molecule has 0 saturated heterocycles. The van der Waals surface area contributed by atoms with Crippen molar-refractivity contribution in [2.75, 3.05) is 0 Å². The highest BCUT2D eigenvalue weighted by atomic mass is 16.7. The first kappa shape index (κ1) is 28.0. The van der Waals surface area contributed by atoms with E-state index in [2.05, 4.69) is 33.8 Å². The second-order valence-corrected chi connectivity index (χ2v) is 9.36. The number of hydrogen-bond donors (Lipinski definition) is 0. The number of para-hydroxylation sites is 1. The number of aryl methyl sites for hydroxylation is 2. The lowest BCUT2D eigenvalue weighted by atomic mass is 9.90. The number of ether oxygens (including phenoxy) is 2. The Bertz CT molecular complexity index is 856. The molecule has 2 aromatic rings. The first-order valence-corrected chi connectivity index (χ1v) is 13.8. The second-order valence-electron chi connectivity index (χ2n) is 9.36. The summed E-state index contributed by atoms with van der Waals surface area (Å²) in [6, 6.07) is 12.0. The summed E-state index contributed by atoms with van der Waals surface area (Å²) in [7, 11) is 0. The van der Waals surface area contributed by atoms with E-state index in [1.54, 1.807) is 0 Å². The molecule has 188 valence electrons. The lowest BCUT2D eigenvalue weighted by Gasteiger charge is -2.19. The van der Waals surface area contributed by atoms with Crippen molar-refractivity contribution in [2.24, 2.45) is 0 Å². The maximum Gasteiger partial charge on any atom is 0.519 e. The van der Waals surface area contributed by atoms with Crippen LogP contribution in [0.4, 0.5) is 4.79 Å². The van der Waals surface area contributed by atoms with Crippen molar-refractivity contribution in [1.82, 2.24) is 0 Å². The van der Waals surface area contributed by atoms with E-state index in [1.165, 1.54) is 48.8 Å². The van der Waals surface area contributed by atoms with E-state index >= 15 is 0 Å². The predicted molar refractivity (Wildman–Crippen MR) is 143 cm³/mol. The Morgan fingerprint density at radius 2 is 1.15 bits per heavy atom. The quantitative estimate of drug-likeness (QED) is 0.140. The number of rotatable bonds is 16. The standard InChI is InChI=1S/C31H46O3/c1-5-9-13-14-18-26-19-15-16-22-29(26)33-31(32)34-30-24-23-25(17-10-6-2)27(20-11-7-3)28(30)21-12-8-4/h15-16,19,22-24H,5-14,17-18,20-21H2,1-4H3. The largest absolute Gasteiger partial charge is 0.519 e. The van der Waals surface area contributed by atoms with Crippen LogP contribution in [0.5, 0.6) is 11.5 Å². The van der Waals surface area contributed by atoms with Gasteiger partial charge in [-0.2, -0.15) is 0 Å². The number of benzene rings is 2. The normalized spacial score (nSPS) is 10.9. The number of carbonyl (C=O) groups is 1. The number of unbranched alkanes of at least 4 members (excludes halogenated alkanes) is 6. The topological polar surface area (TPSA) is 35.5 Å². The first-order valence-electron chi connectivity index (χ1n) is 13.8. The van der Waals surface area contributed by atoms with E-state index in [-0.39, 0.29) is 0 Å². The van der Waals surface area contributed by atoms with Gasteiger partial charge in [0.2, 0.25) is 0 Å². The van der Waals surface area contributed by atoms with E-state index in [9.17, 15) is 4.79 Å². The molecule has 0 aliphatic heterocycles. The molecule has 0 fully saturated rings. The zero-order valence-electron chi connectivity index (χ0n) is 22.1. The molecule has 0 atom stereocenters. The molecule has 0 N–H and O–H groups in total. The smallest absolute Gasteiger partial charge is 0.394 e. The fourth-order valence-electron chi connectivity index (χ4n) is 4.46. The molecular weight excluding hydrogens is 420 g/mol. The van der Waals surface area contributed by atoms with Crippen LogP contribution >= 0.6 is 0 Å². The van der Waals surface area contributed by atoms with Crippen molar-refractivity contribution in [3.63, 3.8) is 0 Å². The third-order valence-electron chi connectivity index (χ3n) is 6.50. The van der Waals surface area contributed by atoms with E-state index in [0.717, 1.165) is 63.4 Å². The van der Waals surface area contributed by atoms with Gasteiger partial charge in [-0.3, -0.25) is 0 Å². The lowest BCUT2D eigenvalue weighted by molar-refractivity contribution is 0.151. The van der Waals surface area contributed by atoms with Crippen LogP contribution < -0.4 is 9.47 Å². The van der Waals surface area contributed by atoms with E-state index in [1.807, 2.05) is 30.3 Å². The Hall–Kier alpha value is -2.29. The molecule has 0 saturated carbocycles. The van der Waals surface area contributed by atoms with Gasteiger partial charge >= 0.3 is 6.16 Å². The molecule has 0 amide bonds. The zero-order valence-corrected chi connectivity index (χ0v) is 22.1. The first-order chi connectivity index (χ1) is 16.6. The Labute approximate surface area is 208 Å². The Balaban J connectivity index is 2.22. The highest BCUT2D eigenvalue weighted by Gasteiger charge is 2.18.